The highest BCUT2D eigenvalue weighted by Gasteiger charge is 2.34. The van der Waals surface area contributed by atoms with E-state index in [1.165, 1.54) is 10.6 Å². The summed E-state index contributed by atoms with van der Waals surface area (Å²) in [6.07, 6.45) is 3.10. The Morgan fingerprint density at radius 1 is 0.942 bits per heavy atom. The first-order valence-electron chi connectivity index (χ1n) is 17.1. The number of benzene rings is 3. The van der Waals surface area contributed by atoms with Crippen molar-refractivity contribution in [2.45, 2.75) is 82.9 Å². The van der Waals surface area contributed by atoms with Crippen LogP contribution in [0.5, 0.6) is 5.75 Å². The number of nitrogens with zero attached hydrogens (tertiary/aromatic N) is 1. The highest BCUT2D eigenvalue weighted by molar-refractivity contribution is 7.90. The van der Waals surface area contributed by atoms with Crippen molar-refractivity contribution >= 4 is 27.9 Å². The van der Waals surface area contributed by atoms with Crippen molar-refractivity contribution < 1.29 is 27.9 Å². The van der Waals surface area contributed by atoms with Gasteiger partial charge >= 0.3 is 5.97 Å². The van der Waals surface area contributed by atoms with Gasteiger partial charge in [-0.25, -0.2) is 17.9 Å². The van der Waals surface area contributed by atoms with Crippen LogP contribution in [0.4, 0.5) is 0 Å². The number of nitrogens with one attached hydrogen (secondary N) is 4. The quantitative estimate of drug-likeness (QED) is 0.0770. The number of pyridine rings is 1. The fraction of sp³-hybridized carbons (Fsp3) is 0.333. The molecule has 12 nitrogen and oxygen atoms in total. The molecule has 1 atom stereocenters. The van der Waals surface area contributed by atoms with Crippen molar-refractivity contribution in [3.63, 3.8) is 0 Å². The number of carbonyl (C=O) groups excluding carboxylic acids is 1. The first kappa shape index (κ1) is 37.8. The van der Waals surface area contributed by atoms with Crippen molar-refractivity contribution in [2.24, 2.45) is 0 Å². The lowest BCUT2D eigenvalue weighted by atomic mass is 9.88. The molecule has 5 rings (SSSR count). The molecule has 274 valence electrons. The molecule has 0 unspecified atom stereocenters. The van der Waals surface area contributed by atoms with Gasteiger partial charge in [0.1, 0.15) is 23.0 Å². The lowest BCUT2D eigenvalue weighted by Crippen LogP contribution is -2.44. The number of hydrogen-bond donors (Lipinski definition) is 5. The van der Waals surface area contributed by atoms with Crippen LogP contribution in [0.3, 0.4) is 0 Å². The van der Waals surface area contributed by atoms with E-state index >= 15 is 0 Å². The maximum atomic E-state index is 13.7. The second-order valence-electron chi connectivity index (χ2n) is 13.6. The van der Waals surface area contributed by atoms with Gasteiger partial charge < -0.3 is 25.0 Å². The van der Waals surface area contributed by atoms with Crippen LogP contribution in [0.1, 0.15) is 82.9 Å². The molecule has 0 saturated heterocycles. The average molecular weight is 728 g/mol. The van der Waals surface area contributed by atoms with E-state index in [4.69, 9.17) is 10.1 Å². The molecule has 13 heteroatoms. The minimum Gasteiger partial charge on any atom is -0.487 e. The van der Waals surface area contributed by atoms with Crippen molar-refractivity contribution in [1.82, 2.24) is 19.9 Å². The number of aliphatic carboxylic acids is 1. The molecule has 5 N–H and O–H groups in total. The second kappa shape index (κ2) is 15.4. The van der Waals surface area contributed by atoms with E-state index in [0.717, 1.165) is 28.7 Å². The molecule has 2 heterocycles. The lowest BCUT2D eigenvalue weighted by Gasteiger charge is -2.35. The van der Waals surface area contributed by atoms with Gasteiger partial charge in [-0.1, -0.05) is 60.7 Å². The molecule has 0 bridgehead atoms. The van der Waals surface area contributed by atoms with E-state index < -0.39 is 45.5 Å². The number of sulfonamides is 1. The summed E-state index contributed by atoms with van der Waals surface area (Å²) in [6.45, 7) is 9.33. The Morgan fingerprint density at radius 3 is 2.15 bits per heavy atom. The maximum Gasteiger partial charge on any atom is 0.326 e. The third kappa shape index (κ3) is 8.20. The number of carboxylic acid groups (broad SMARTS) is 1. The minimum absolute atomic E-state index is 0.0408. The molecule has 3 aromatic carbocycles. The van der Waals surface area contributed by atoms with E-state index in [-0.39, 0.29) is 35.4 Å². The van der Waals surface area contributed by atoms with Crippen LogP contribution in [-0.2, 0) is 21.2 Å². The van der Waals surface area contributed by atoms with Gasteiger partial charge in [-0.15, -0.1) is 0 Å². The molecule has 1 amide bonds. The Kier molecular flexibility index (Phi) is 11.2. The SMILES string of the molecule is Cc1c(C)c(S(=O)(=O)NC(=N)NCCC[C@@H](NC(=O)c2cccn(C(c3ccccc3)c3ccccc3)c2=O)C(=O)O)c(C)c2c1OC(C)(C)CC2. The fourth-order valence-electron chi connectivity index (χ4n) is 6.66. The number of amides is 1. The number of aromatic nitrogens is 1. The summed E-state index contributed by atoms with van der Waals surface area (Å²) in [5.41, 5.74) is 3.20. The number of rotatable bonds is 12. The van der Waals surface area contributed by atoms with Crippen LogP contribution in [0, 0.1) is 26.2 Å². The Balaban J connectivity index is 1.23. The smallest absolute Gasteiger partial charge is 0.326 e. The Morgan fingerprint density at radius 2 is 1.56 bits per heavy atom. The zero-order valence-electron chi connectivity index (χ0n) is 29.9. The van der Waals surface area contributed by atoms with Crippen molar-refractivity contribution in [3.05, 3.63) is 128 Å². The average Bonchev–Trinajstić information content (AvgIpc) is 3.09. The van der Waals surface area contributed by atoms with Gasteiger partial charge in [0, 0.05) is 12.7 Å². The van der Waals surface area contributed by atoms with Crippen LogP contribution in [0.15, 0.2) is 88.7 Å². The number of carboxylic acids is 1. The summed E-state index contributed by atoms with van der Waals surface area (Å²) in [5, 5.41) is 23.3. The summed E-state index contributed by atoms with van der Waals surface area (Å²) in [7, 11) is -4.14. The zero-order valence-corrected chi connectivity index (χ0v) is 30.8. The van der Waals surface area contributed by atoms with Gasteiger partial charge in [-0.2, -0.15) is 0 Å². The molecular weight excluding hydrogens is 683 g/mol. The highest BCUT2D eigenvalue weighted by atomic mass is 32.2. The number of hydrogen-bond acceptors (Lipinski definition) is 7. The molecule has 52 heavy (non-hydrogen) atoms. The van der Waals surface area contributed by atoms with E-state index in [1.54, 1.807) is 26.1 Å². The molecule has 4 aromatic rings. The molecule has 1 aromatic heterocycles. The van der Waals surface area contributed by atoms with Gasteiger partial charge in [-0.05, 0) is 106 Å². The predicted octanol–water partition coefficient (Wildman–Crippen LogP) is 4.98. The first-order chi connectivity index (χ1) is 24.6. The largest absolute Gasteiger partial charge is 0.487 e. The summed E-state index contributed by atoms with van der Waals surface area (Å²) < 4.78 is 37.0. The molecular formula is C39H45N5O7S. The Bertz CT molecular complexity index is 2110. The third-order valence-corrected chi connectivity index (χ3v) is 11.1. The van der Waals surface area contributed by atoms with Gasteiger partial charge in [0.2, 0.25) is 5.96 Å². The summed E-state index contributed by atoms with van der Waals surface area (Å²) >= 11 is 0. The van der Waals surface area contributed by atoms with Crippen molar-refractivity contribution in [1.29, 1.82) is 5.41 Å². The van der Waals surface area contributed by atoms with Crippen molar-refractivity contribution in [3.8, 4) is 5.75 Å². The summed E-state index contributed by atoms with van der Waals surface area (Å²) in [5.74, 6) is -1.90. The van der Waals surface area contributed by atoms with Crippen molar-refractivity contribution in [2.75, 3.05) is 6.54 Å². The van der Waals surface area contributed by atoms with Gasteiger partial charge in [0.05, 0.1) is 10.9 Å². The summed E-state index contributed by atoms with van der Waals surface area (Å²) in [4.78, 5) is 39.3. The topological polar surface area (TPSA) is 180 Å². The van der Waals surface area contributed by atoms with Gasteiger partial charge in [0.25, 0.3) is 21.5 Å². The monoisotopic (exact) mass is 727 g/mol. The third-order valence-electron chi connectivity index (χ3n) is 9.47. The standard InChI is InChI=1S/C39H45N5O7S/c1-24-25(2)34(26(3)29-20-21-39(4,5)51-33(24)29)52(49,50)43-38(40)41-22-12-19-31(37(47)48)42-35(45)30-18-13-23-44(36(30)46)32(27-14-8-6-9-15-27)28-16-10-7-11-17-28/h6-11,13-18,23,31-32H,12,19-22H2,1-5H3,(H,42,45)(H,47,48)(H3,40,41,43)/t31-/m1/s1. The molecule has 1 aliphatic rings. The van der Waals surface area contributed by atoms with Crippen LogP contribution in [0.2, 0.25) is 0 Å². The van der Waals surface area contributed by atoms with E-state index in [2.05, 4.69) is 15.4 Å². The number of guanidine groups is 1. The molecule has 0 saturated carbocycles. The number of fused-ring (bicyclic) bond motifs is 1. The zero-order chi connectivity index (χ0) is 37.8. The van der Waals surface area contributed by atoms with Gasteiger partial charge in [-0.3, -0.25) is 15.0 Å². The van der Waals surface area contributed by atoms with Crippen LogP contribution < -0.4 is 25.7 Å². The Labute approximate surface area is 303 Å². The number of ether oxygens (including phenoxy) is 1. The van der Waals surface area contributed by atoms with E-state index in [9.17, 15) is 27.9 Å². The minimum atomic E-state index is -4.14. The lowest BCUT2D eigenvalue weighted by molar-refractivity contribution is -0.139. The van der Waals surface area contributed by atoms with E-state index in [1.807, 2.05) is 81.4 Å². The molecule has 0 aliphatic carbocycles. The fourth-order valence-corrected chi connectivity index (χ4v) is 8.18. The second-order valence-corrected chi connectivity index (χ2v) is 15.3. The number of carbonyl (C=O) groups is 2. The normalized spacial score (nSPS) is 14.1. The van der Waals surface area contributed by atoms with Crippen LogP contribution in [-0.4, -0.2) is 54.1 Å². The van der Waals surface area contributed by atoms with E-state index in [0.29, 0.717) is 23.3 Å². The molecule has 0 radical (unpaired) electrons. The Hall–Kier alpha value is -5.43. The highest BCUT2D eigenvalue weighted by Crippen LogP contribution is 2.42. The predicted molar refractivity (Wildman–Crippen MR) is 199 cm³/mol. The van der Waals surface area contributed by atoms with Crippen LogP contribution in [0.25, 0.3) is 0 Å². The maximum absolute atomic E-state index is 13.7. The molecule has 0 spiro atoms. The van der Waals surface area contributed by atoms with Gasteiger partial charge in [0.15, 0.2) is 0 Å². The molecule has 0 fully saturated rings. The first-order valence-corrected chi connectivity index (χ1v) is 18.6. The summed E-state index contributed by atoms with van der Waals surface area (Å²) in [6, 6.07) is 19.8. The van der Waals surface area contributed by atoms with Crippen LogP contribution >= 0.6 is 0 Å². The molecule has 1 aliphatic heterocycles.